The van der Waals surface area contributed by atoms with Crippen LogP contribution in [0.15, 0.2) is 12.2 Å². The average Bonchev–Trinajstić information content (AvgIpc) is 1.96. The van der Waals surface area contributed by atoms with E-state index in [2.05, 4.69) is 0 Å². The molecule has 12 heavy (non-hydrogen) atoms. The van der Waals surface area contributed by atoms with Gasteiger partial charge in [0, 0.05) is 11.8 Å². The topological polar surface area (TPSA) is 43.4 Å². The van der Waals surface area contributed by atoms with E-state index >= 15 is 0 Å². The van der Waals surface area contributed by atoms with Crippen molar-refractivity contribution in [2.24, 2.45) is 5.41 Å². The van der Waals surface area contributed by atoms with Gasteiger partial charge in [-0.15, -0.1) is 0 Å². The summed E-state index contributed by atoms with van der Waals surface area (Å²) in [5, 5.41) is 0. The standard InChI is InChI=1S/C9H10O3/c1-9-4-6(2-3-7(9)10)12-8(11)5-9/h2-3,6H,4-5H2,1H3/t6-,9+/m1/s1. The second kappa shape index (κ2) is 2.19. The maximum Gasteiger partial charge on any atom is 0.307 e. The number of hydrogen-bond acceptors (Lipinski definition) is 3. The molecule has 0 radical (unpaired) electrons. The minimum atomic E-state index is -0.491. The molecule has 1 fully saturated rings. The van der Waals surface area contributed by atoms with Gasteiger partial charge in [0.25, 0.3) is 0 Å². The molecule has 0 saturated carbocycles. The summed E-state index contributed by atoms with van der Waals surface area (Å²) in [5.74, 6) is -0.207. The van der Waals surface area contributed by atoms with Gasteiger partial charge in [0.15, 0.2) is 5.78 Å². The van der Waals surface area contributed by atoms with Crippen molar-refractivity contribution in [1.29, 1.82) is 0 Å². The van der Waals surface area contributed by atoms with E-state index in [1.807, 2.05) is 6.92 Å². The molecule has 2 bridgehead atoms. The number of fused-ring (bicyclic) bond motifs is 2. The highest BCUT2D eigenvalue weighted by Crippen LogP contribution is 2.38. The van der Waals surface area contributed by atoms with Crippen molar-refractivity contribution in [3.8, 4) is 0 Å². The summed E-state index contributed by atoms with van der Waals surface area (Å²) < 4.78 is 4.99. The van der Waals surface area contributed by atoms with Crippen molar-refractivity contribution in [2.45, 2.75) is 25.9 Å². The Kier molecular flexibility index (Phi) is 1.37. The van der Waals surface area contributed by atoms with E-state index in [1.165, 1.54) is 6.08 Å². The first-order chi connectivity index (χ1) is 5.60. The van der Waals surface area contributed by atoms with Gasteiger partial charge >= 0.3 is 5.97 Å². The third-order valence-corrected chi connectivity index (χ3v) is 2.53. The Bertz CT molecular complexity index is 279. The summed E-state index contributed by atoms with van der Waals surface area (Å²) in [5.41, 5.74) is -0.491. The van der Waals surface area contributed by atoms with Crippen molar-refractivity contribution in [1.82, 2.24) is 0 Å². The molecule has 1 aliphatic heterocycles. The minimum Gasteiger partial charge on any atom is -0.458 e. The van der Waals surface area contributed by atoms with Gasteiger partial charge in [-0.1, -0.05) is 6.92 Å². The summed E-state index contributed by atoms with van der Waals surface area (Å²) >= 11 is 0. The zero-order valence-electron chi connectivity index (χ0n) is 6.87. The molecule has 1 aliphatic carbocycles. The Labute approximate surface area is 70.4 Å². The third-order valence-electron chi connectivity index (χ3n) is 2.53. The SMILES string of the molecule is C[C@]12CC(=O)O[C@H](C=CC1=O)C2. The molecular formula is C9H10O3. The number of allylic oxidation sites excluding steroid dienone is 1. The lowest BCUT2D eigenvalue weighted by atomic mass is 9.73. The fraction of sp³-hybridized carbons (Fsp3) is 0.556. The Hall–Kier alpha value is -1.12. The van der Waals surface area contributed by atoms with Crippen LogP contribution in [-0.2, 0) is 14.3 Å². The minimum absolute atomic E-state index is 0.0513. The van der Waals surface area contributed by atoms with Crippen molar-refractivity contribution in [3.05, 3.63) is 12.2 Å². The molecule has 3 nitrogen and oxygen atoms in total. The van der Waals surface area contributed by atoms with Crippen LogP contribution in [0.3, 0.4) is 0 Å². The van der Waals surface area contributed by atoms with Crippen LogP contribution >= 0.6 is 0 Å². The van der Waals surface area contributed by atoms with E-state index in [1.54, 1.807) is 6.08 Å². The van der Waals surface area contributed by atoms with Gasteiger partial charge in [-0.05, 0) is 12.2 Å². The Morgan fingerprint density at radius 3 is 3.08 bits per heavy atom. The molecule has 1 saturated heterocycles. The number of esters is 1. The summed E-state index contributed by atoms with van der Waals surface area (Å²) in [6.45, 7) is 1.83. The summed E-state index contributed by atoms with van der Waals surface area (Å²) in [6.07, 6.45) is 3.90. The lowest BCUT2D eigenvalue weighted by molar-refractivity contribution is -0.162. The maximum absolute atomic E-state index is 11.4. The van der Waals surface area contributed by atoms with Crippen molar-refractivity contribution in [3.63, 3.8) is 0 Å². The fourth-order valence-corrected chi connectivity index (χ4v) is 1.78. The predicted molar refractivity (Wildman–Crippen MR) is 41.4 cm³/mol. The molecule has 0 aromatic rings. The first-order valence-corrected chi connectivity index (χ1v) is 4.02. The Balaban J connectivity index is 2.37. The van der Waals surface area contributed by atoms with Crippen LogP contribution in [0, 0.1) is 5.41 Å². The second-order valence-electron chi connectivity index (χ2n) is 3.69. The van der Waals surface area contributed by atoms with Gasteiger partial charge in [0.2, 0.25) is 0 Å². The fourth-order valence-electron chi connectivity index (χ4n) is 1.78. The molecule has 0 amide bonds. The number of ketones is 1. The van der Waals surface area contributed by atoms with E-state index in [0.717, 1.165) is 0 Å². The normalized spacial score (nSPS) is 39.6. The molecule has 0 spiro atoms. The van der Waals surface area contributed by atoms with Crippen LogP contribution in [0.25, 0.3) is 0 Å². The lowest BCUT2D eigenvalue weighted by Gasteiger charge is -2.36. The predicted octanol–water partition coefficient (Wildman–Crippen LogP) is 0.837. The number of rotatable bonds is 0. The van der Waals surface area contributed by atoms with E-state index < -0.39 is 5.41 Å². The molecule has 0 aromatic heterocycles. The second-order valence-corrected chi connectivity index (χ2v) is 3.69. The van der Waals surface area contributed by atoms with Gasteiger partial charge in [-0.25, -0.2) is 0 Å². The van der Waals surface area contributed by atoms with Crippen LogP contribution in [0.1, 0.15) is 19.8 Å². The molecule has 2 aliphatic rings. The molecule has 2 rings (SSSR count). The van der Waals surface area contributed by atoms with Crippen LogP contribution in [0.2, 0.25) is 0 Å². The zero-order chi connectivity index (χ0) is 8.77. The van der Waals surface area contributed by atoms with Crippen LogP contribution in [0.4, 0.5) is 0 Å². The van der Waals surface area contributed by atoms with Gasteiger partial charge in [0.1, 0.15) is 6.10 Å². The number of carbonyl (C=O) groups excluding carboxylic acids is 2. The van der Waals surface area contributed by atoms with Crippen LogP contribution < -0.4 is 0 Å². The molecule has 0 unspecified atom stereocenters. The average molecular weight is 166 g/mol. The maximum atomic E-state index is 11.4. The van der Waals surface area contributed by atoms with Crippen molar-refractivity contribution >= 4 is 11.8 Å². The lowest BCUT2D eigenvalue weighted by Crippen LogP contribution is -2.42. The molecule has 3 heteroatoms. The molecule has 0 aromatic carbocycles. The van der Waals surface area contributed by atoms with Gasteiger partial charge < -0.3 is 4.74 Å². The number of ether oxygens (including phenoxy) is 1. The van der Waals surface area contributed by atoms with Crippen molar-refractivity contribution in [2.75, 3.05) is 0 Å². The summed E-state index contributed by atoms with van der Waals surface area (Å²) in [6, 6.07) is 0. The molecule has 1 heterocycles. The largest absolute Gasteiger partial charge is 0.458 e. The van der Waals surface area contributed by atoms with E-state index in [9.17, 15) is 9.59 Å². The van der Waals surface area contributed by atoms with Crippen molar-refractivity contribution < 1.29 is 14.3 Å². The Morgan fingerprint density at radius 2 is 2.33 bits per heavy atom. The monoisotopic (exact) mass is 166 g/mol. The molecular weight excluding hydrogens is 156 g/mol. The van der Waals surface area contributed by atoms with Gasteiger partial charge in [0.05, 0.1) is 6.42 Å². The first kappa shape index (κ1) is 7.53. The van der Waals surface area contributed by atoms with Crippen LogP contribution in [0.5, 0.6) is 0 Å². The third kappa shape index (κ3) is 0.967. The highest BCUT2D eigenvalue weighted by molar-refractivity contribution is 5.98. The number of hydrogen-bond donors (Lipinski definition) is 0. The van der Waals surface area contributed by atoms with E-state index in [-0.39, 0.29) is 24.3 Å². The van der Waals surface area contributed by atoms with Gasteiger partial charge in [-0.2, -0.15) is 0 Å². The zero-order valence-corrected chi connectivity index (χ0v) is 6.87. The Morgan fingerprint density at radius 1 is 1.58 bits per heavy atom. The van der Waals surface area contributed by atoms with E-state index in [0.29, 0.717) is 6.42 Å². The highest BCUT2D eigenvalue weighted by atomic mass is 16.5. The smallest absolute Gasteiger partial charge is 0.307 e. The van der Waals surface area contributed by atoms with E-state index in [4.69, 9.17) is 4.74 Å². The summed E-state index contributed by atoms with van der Waals surface area (Å²) in [4.78, 5) is 22.4. The highest BCUT2D eigenvalue weighted by Gasteiger charge is 2.43. The first-order valence-electron chi connectivity index (χ1n) is 4.02. The summed E-state index contributed by atoms with van der Waals surface area (Å²) in [7, 11) is 0. The molecule has 0 N–H and O–H groups in total. The van der Waals surface area contributed by atoms with Gasteiger partial charge in [-0.3, -0.25) is 9.59 Å². The molecule has 2 atom stereocenters. The molecule has 64 valence electrons. The number of carbonyl (C=O) groups is 2. The van der Waals surface area contributed by atoms with Crippen LogP contribution in [-0.4, -0.2) is 17.9 Å². The quantitative estimate of drug-likeness (QED) is 0.501.